The zero-order valence-corrected chi connectivity index (χ0v) is 11.2. The smallest absolute Gasteiger partial charge is 0.126 e. The van der Waals surface area contributed by atoms with Gasteiger partial charge in [0.15, 0.2) is 0 Å². The molecule has 2 unspecified atom stereocenters. The molecule has 0 bridgehead atoms. The Hall–Kier alpha value is -1.68. The van der Waals surface area contributed by atoms with Crippen molar-refractivity contribution in [2.45, 2.75) is 38.8 Å². The van der Waals surface area contributed by atoms with Crippen LogP contribution < -0.4 is 5.73 Å². The average molecular weight is 259 g/mol. The van der Waals surface area contributed by atoms with Crippen LogP contribution in [0, 0.1) is 12.7 Å². The van der Waals surface area contributed by atoms with E-state index in [1.807, 2.05) is 12.3 Å². The first-order valence-corrected chi connectivity index (χ1v) is 6.66. The molecule has 1 aliphatic rings. The van der Waals surface area contributed by atoms with E-state index in [2.05, 4.69) is 16.5 Å². The van der Waals surface area contributed by atoms with E-state index in [-0.39, 0.29) is 17.9 Å². The highest BCUT2D eigenvalue weighted by Gasteiger charge is 2.24. The molecule has 1 aromatic heterocycles. The number of imidazole rings is 1. The first kappa shape index (κ1) is 12.4. The highest BCUT2D eigenvalue weighted by Crippen LogP contribution is 2.28. The molecule has 100 valence electrons. The van der Waals surface area contributed by atoms with E-state index in [0.29, 0.717) is 5.56 Å². The first-order chi connectivity index (χ1) is 9.06. The number of fused-ring (bicyclic) bond motifs is 1. The summed E-state index contributed by atoms with van der Waals surface area (Å²) in [4.78, 5) is 4.66. The van der Waals surface area contributed by atoms with Gasteiger partial charge in [0.1, 0.15) is 11.6 Å². The van der Waals surface area contributed by atoms with Crippen LogP contribution in [0.15, 0.2) is 24.4 Å². The lowest BCUT2D eigenvalue weighted by Gasteiger charge is -2.27. The molecule has 2 atom stereocenters. The monoisotopic (exact) mass is 259 g/mol. The summed E-state index contributed by atoms with van der Waals surface area (Å²) in [5.74, 6) is 0.897. The summed E-state index contributed by atoms with van der Waals surface area (Å²) in [7, 11) is 0. The van der Waals surface area contributed by atoms with Gasteiger partial charge in [0, 0.05) is 30.3 Å². The predicted molar refractivity (Wildman–Crippen MR) is 73.4 cm³/mol. The Morgan fingerprint density at radius 1 is 1.42 bits per heavy atom. The van der Waals surface area contributed by atoms with Crippen molar-refractivity contribution < 1.29 is 4.39 Å². The molecule has 0 saturated carbocycles. The first-order valence-electron chi connectivity index (χ1n) is 6.66. The highest BCUT2D eigenvalue weighted by atomic mass is 19.1. The molecule has 3 rings (SSSR count). The molecule has 0 fully saturated rings. The fraction of sp³-hybridized carbons (Fsp3) is 0.400. The predicted octanol–water partition coefficient (Wildman–Crippen LogP) is 2.83. The molecular formula is C15H18FN3. The Bertz CT molecular complexity index is 618. The largest absolute Gasteiger partial charge is 0.330 e. The summed E-state index contributed by atoms with van der Waals surface area (Å²) in [6, 6.07) is 5.57. The van der Waals surface area contributed by atoms with Crippen molar-refractivity contribution in [3.05, 3.63) is 41.6 Å². The topological polar surface area (TPSA) is 43.8 Å². The molecule has 0 amide bonds. The molecule has 2 N–H and O–H groups in total. The van der Waals surface area contributed by atoms with Gasteiger partial charge in [0.05, 0.1) is 5.69 Å². The van der Waals surface area contributed by atoms with Crippen LogP contribution in [0.5, 0.6) is 0 Å². The number of benzene rings is 1. The fourth-order valence-electron chi connectivity index (χ4n) is 2.66. The Balaban J connectivity index is 2.03. The second-order valence-electron chi connectivity index (χ2n) is 5.36. The lowest BCUT2D eigenvalue weighted by Crippen LogP contribution is -2.35. The minimum Gasteiger partial charge on any atom is -0.330 e. The van der Waals surface area contributed by atoms with Crippen molar-refractivity contribution in [1.82, 2.24) is 9.55 Å². The van der Waals surface area contributed by atoms with Crippen LogP contribution in [0.3, 0.4) is 0 Å². The number of halogens is 1. The third kappa shape index (κ3) is 2.06. The number of hydrogen-bond donors (Lipinski definition) is 1. The van der Waals surface area contributed by atoms with Crippen LogP contribution in [0.25, 0.3) is 11.3 Å². The molecule has 2 heterocycles. The third-order valence-corrected chi connectivity index (χ3v) is 4.02. The van der Waals surface area contributed by atoms with Gasteiger partial charge in [-0.15, -0.1) is 0 Å². The highest BCUT2D eigenvalue weighted by molar-refractivity contribution is 5.60. The van der Waals surface area contributed by atoms with Crippen LogP contribution in [-0.2, 0) is 6.42 Å². The van der Waals surface area contributed by atoms with Gasteiger partial charge in [-0.2, -0.15) is 0 Å². The van der Waals surface area contributed by atoms with Crippen LogP contribution in [-0.4, -0.2) is 15.6 Å². The maximum absolute atomic E-state index is 13.3. The van der Waals surface area contributed by atoms with Crippen LogP contribution in [0.2, 0.25) is 0 Å². The van der Waals surface area contributed by atoms with E-state index in [1.54, 1.807) is 13.0 Å². The van der Waals surface area contributed by atoms with Crippen molar-refractivity contribution in [2.24, 2.45) is 5.73 Å². The van der Waals surface area contributed by atoms with Gasteiger partial charge in [-0.3, -0.25) is 0 Å². The van der Waals surface area contributed by atoms with Crippen molar-refractivity contribution in [1.29, 1.82) is 0 Å². The minimum atomic E-state index is -0.178. The number of aryl methyl sites for hydroxylation is 2. The van der Waals surface area contributed by atoms with Crippen LogP contribution in [0.1, 0.15) is 30.8 Å². The zero-order chi connectivity index (χ0) is 13.6. The Morgan fingerprint density at radius 2 is 2.21 bits per heavy atom. The molecular weight excluding hydrogens is 241 g/mol. The van der Waals surface area contributed by atoms with E-state index >= 15 is 0 Å². The van der Waals surface area contributed by atoms with Gasteiger partial charge in [-0.05, 0) is 44.0 Å². The Morgan fingerprint density at radius 3 is 2.95 bits per heavy atom. The summed E-state index contributed by atoms with van der Waals surface area (Å²) >= 11 is 0. The van der Waals surface area contributed by atoms with Gasteiger partial charge in [0.25, 0.3) is 0 Å². The number of hydrogen-bond acceptors (Lipinski definition) is 2. The van der Waals surface area contributed by atoms with Crippen LogP contribution in [0.4, 0.5) is 4.39 Å². The number of nitrogens with two attached hydrogens (primary N) is 1. The second kappa shape index (κ2) is 4.46. The van der Waals surface area contributed by atoms with Gasteiger partial charge < -0.3 is 10.3 Å². The number of rotatable bonds is 1. The standard InChI is InChI=1S/C15H18FN3/c1-9-7-11(3-4-12(9)16)14-8-19-10(2)13(17)5-6-15(19)18-14/h3-4,7-8,10,13H,5-6,17H2,1-2H3. The van der Waals surface area contributed by atoms with Crippen molar-refractivity contribution in [3.8, 4) is 11.3 Å². The summed E-state index contributed by atoms with van der Waals surface area (Å²) in [5, 5.41) is 0. The molecule has 1 aliphatic heterocycles. The molecule has 4 heteroatoms. The van der Waals surface area contributed by atoms with Gasteiger partial charge >= 0.3 is 0 Å². The van der Waals surface area contributed by atoms with Crippen molar-refractivity contribution >= 4 is 0 Å². The summed E-state index contributed by atoms with van der Waals surface area (Å²) in [5.41, 5.74) is 8.59. The maximum Gasteiger partial charge on any atom is 0.126 e. The lowest BCUT2D eigenvalue weighted by atomic mass is 10.0. The molecule has 0 radical (unpaired) electrons. The van der Waals surface area contributed by atoms with E-state index in [0.717, 1.165) is 29.9 Å². The average Bonchev–Trinajstić information content (AvgIpc) is 2.82. The van der Waals surface area contributed by atoms with E-state index in [1.165, 1.54) is 6.07 Å². The van der Waals surface area contributed by atoms with Crippen molar-refractivity contribution in [3.63, 3.8) is 0 Å². The Labute approximate surface area is 112 Å². The normalized spacial score (nSPS) is 22.3. The lowest BCUT2D eigenvalue weighted by molar-refractivity contribution is 0.368. The third-order valence-electron chi connectivity index (χ3n) is 4.02. The van der Waals surface area contributed by atoms with E-state index < -0.39 is 0 Å². The van der Waals surface area contributed by atoms with Gasteiger partial charge in [-0.25, -0.2) is 9.37 Å². The molecule has 0 saturated heterocycles. The maximum atomic E-state index is 13.3. The molecule has 1 aromatic carbocycles. The molecule has 2 aromatic rings. The molecule has 3 nitrogen and oxygen atoms in total. The number of aromatic nitrogens is 2. The van der Waals surface area contributed by atoms with Gasteiger partial charge in [0.2, 0.25) is 0 Å². The summed E-state index contributed by atoms with van der Waals surface area (Å²) < 4.78 is 15.5. The molecule has 0 aliphatic carbocycles. The molecule has 19 heavy (non-hydrogen) atoms. The van der Waals surface area contributed by atoms with Gasteiger partial charge in [-0.1, -0.05) is 0 Å². The van der Waals surface area contributed by atoms with Crippen molar-refractivity contribution in [2.75, 3.05) is 0 Å². The fourth-order valence-corrected chi connectivity index (χ4v) is 2.66. The SMILES string of the molecule is Cc1cc(-c2cn3c(n2)CCC(N)C3C)ccc1F. The zero-order valence-electron chi connectivity index (χ0n) is 11.2. The Kier molecular flexibility index (Phi) is 2.90. The quantitative estimate of drug-likeness (QED) is 0.855. The summed E-state index contributed by atoms with van der Waals surface area (Å²) in [6.07, 6.45) is 3.91. The minimum absolute atomic E-state index is 0.178. The second-order valence-corrected chi connectivity index (χ2v) is 5.36. The molecule has 0 spiro atoms. The van der Waals surface area contributed by atoms with E-state index in [9.17, 15) is 4.39 Å². The summed E-state index contributed by atoms with van der Waals surface area (Å²) in [6.45, 7) is 3.89. The van der Waals surface area contributed by atoms with E-state index in [4.69, 9.17) is 5.73 Å². The van der Waals surface area contributed by atoms with Crippen LogP contribution >= 0.6 is 0 Å². The number of nitrogens with zero attached hydrogens (tertiary/aromatic N) is 2.